The fourth-order valence-corrected chi connectivity index (χ4v) is 5.41. The first-order chi connectivity index (χ1) is 11.5. The third-order valence-electron chi connectivity index (χ3n) is 4.53. The number of thiophene rings is 1. The predicted molar refractivity (Wildman–Crippen MR) is 93.8 cm³/mol. The summed E-state index contributed by atoms with van der Waals surface area (Å²) in [5.41, 5.74) is 2.15. The van der Waals surface area contributed by atoms with Crippen LogP contribution in [-0.2, 0) is 16.4 Å². The Balaban J connectivity index is 1.48. The number of aromatic nitrogens is 1. The van der Waals surface area contributed by atoms with Crippen molar-refractivity contribution in [3.63, 3.8) is 0 Å². The predicted octanol–water partition coefficient (Wildman–Crippen LogP) is 2.34. The molecule has 6 nitrogen and oxygen atoms in total. The van der Waals surface area contributed by atoms with Gasteiger partial charge in [-0.05, 0) is 57.6 Å². The van der Waals surface area contributed by atoms with E-state index >= 15 is 0 Å². The monoisotopic (exact) mass is 369 g/mol. The SMILES string of the molecule is Cc1noc(C)c1CCN1CCC(NS(=O)(=O)c2cccs2)CC1. The van der Waals surface area contributed by atoms with Crippen LogP contribution in [0.15, 0.2) is 26.2 Å². The van der Waals surface area contributed by atoms with E-state index in [0.29, 0.717) is 4.21 Å². The lowest BCUT2D eigenvalue weighted by Crippen LogP contribution is -2.44. The van der Waals surface area contributed by atoms with Gasteiger partial charge in [-0.3, -0.25) is 0 Å². The first-order valence-corrected chi connectivity index (χ1v) is 10.5. The number of hydrogen-bond donors (Lipinski definition) is 1. The minimum atomic E-state index is -3.36. The summed E-state index contributed by atoms with van der Waals surface area (Å²) >= 11 is 1.25. The molecule has 0 radical (unpaired) electrons. The fourth-order valence-electron chi connectivity index (χ4n) is 3.10. The maximum absolute atomic E-state index is 12.3. The molecule has 3 rings (SSSR count). The van der Waals surface area contributed by atoms with E-state index in [1.54, 1.807) is 17.5 Å². The van der Waals surface area contributed by atoms with Gasteiger partial charge in [0.15, 0.2) is 0 Å². The Morgan fingerprint density at radius 3 is 2.71 bits per heavy atom. The van der Waals surface area contributed by atoms with Crippen molar-refractivity contribution in [2.45, 2.75) is 43.4 Å². The minimum Gasteiger partial charge on any atom is -0.361 e. The van der Waals surface area contributed by atoms with Gasteiger partial charge < -0.3 is 9.42 Å². The molecule has 1 N–H and O–H groups in total. The number of nitrogens with one attached hydrogen (secondary N) is 1. The van der Waals surface area contributed by atoms with E-state index in [-0.39, 0.29) is 6.04 Å². The Morgan fingerprint density at radius 2 is 2.12 bits per heavy atom. The normalized spacial score (nSPS) is 17.4. The first kappa shape index (κ1) is 17.6. The molecule has 0 aromatic carbocycles. The molecule has 0 aliphatic carbocycles. The van der Waals surface area contributed by atoms with Gasteiger partial charge in [0.1, 0.15) is 9.97 Å². The summed E-state index contributed by atoms with van der Waals surface area (Å²) < 4.78 is 33.0. The van der Waals surface area contributed by atoms with E-state index < -0.39 is 10.0 Å². The Labute approximate surface area is 146 Å². The third-order valence-corrected chi connectivity index (χ3v) is 7.45. The van der Waals surface area contributed by atoms with Crippen LogP contribution >= 0.6 is 11.3 Å². The lowest BCUT2D eigenvalue weighted by Gasteiger charge is -2.32. The van der Waals surface area contributed by atoms with Gasteiger partial charge in [-0.1, -0.05) is 11.2 Å². The molecule has 1 aliphatic heterocycles. The molecule has 3 heterocycles. The van der Waals surface area contributed by atoms with E-state index in [9.17, 15) is 8.42 Å². The second-order valence-corrected chi connectivity index (χ2v) is 9.11. The number of likely N-dealkylation sites (tertiary alicyclic amines) is 1. The molecule has 2 aromatic heterocycles. The number of rotatable bonds is 6. The van der Waals surface area contributed by atoms with E-state index in [0.717, 1.165) is 50.4 Å². The molecule has 8 heteroatoms. The van der Waals surface area contributed by atoms with Gasteiger partial charge in [0.2, 0.25) is 10.0 Å². The molecule has 132 valence electrons. The van der Waals surface area contributed by atoms with Crippen molar-refractivity contribution in [2.75, 3.05) is 19.6 Å². The Hall–Kier alpha value is -1.22. The zero-order valence-electron chi connectivity index (χ0n) is 14.0. The summed E-state index contributed by atoms with van der Waals surface area (Å²) in [6.45, 7) is 6.67. The standard InChI is InChI=1S/C16H23N3O3S2/c1-12-15(13(2)22-17-12)7-10-19-8-5-14(6-9-19)18-24(20,21)16-4-3-11-23-16/h3-4,11,14,18H,5-10H2,1-2H3. The molecular formula is C16H23N3O3S2. The van der Waals surface area contributed by atoms with Crippen LogP contribution in [0.2, 0.25) is 0 Å². The van der Waals surface area contributed by atoms with Gasteiger partial charge in [-0.15, -0.1) is 11.3 Å². The van der Waals surface area contributed by atoms with Crippen molar-refractivity contribution in [3.8, 4) is 0 Å². The second kappa shape index (κ2) is 7.35. The molecule has 0 atom stereocenters. The molecule has 1 saturated heterocycles. The van der Waals surface area contributed by atoms with Crippen LogP contribution in [0.1, 0.15) is 29.9 Å². The van der Waals surface area contributed by atoms with Crippen LogP contribution in [-0.4, -0.2) is 44.2 Å². The van der Waals surface area contributed by atoms with Crippen molar-refractivity contribution in [3.05, 3.63) is 34.5 Å². The lowest BCUT2D eigenvalue weighted by atomic mass is 10.0. The number of nitrogens with zero attached hydrogens (tertiary/aromatic N) is 2. The zero-order valence-corrected chi connectivity index (χ0v) is 15.6. The molecule has 0 bridgehead atoms. The minimum absolute atomic E-state index is 0.0208. The average Bonchev–Trinajstić information content (AvgIpc) is 3.18. The van der Waals surface area contributed by atoms with Crippen LogP contribution in [0.25, 0.3) is 0 Å². The maximum Gasteiger partial charge on any atom is 0.250 e. The van der Waals surface area contributed by atoms with Crippen LogP contribution in [0.3, 0.4) is 0 Å². The highest BCUT2D eigenvalue weighted by Gasteiger charge is 2.25. The summed E-state index contributed by atoms with van der Waals surface area (Å²) in [5.74, 6) is 0.895. The molecule has 0 unspecified atom stereocenters. The highest BCUT2D eigenvalue weighted by Crippen LogP contribution is 2.19. The van der Waals surface area contributed by atoms with E-state index in [1.165, 1.54) is 16.9 Å². The molecule has 1 aliphatic rings. The Bertz CT molecular complexity index is 741. The van der Waals surface area contributed by atoms with E-state index in [4.69, 9.17) is 4.52 Å². The second-order valence-electron chi connectivity index (χ2n) is 6.22. The van der Waals surface area contributed by atoms with Crippen molar-refractivity contribution in [1.82, 2.24) is 14.8 Å². The van der Waals surface area contributed by atoms with Crippen molar-refractivity contribution >= 4 is 21.4 Å². The Kier molecular flexibility index (Phi) is 5.39. The third kappa shape index (κ3) is 4.05. The maximum atomic E-state index is 12.3. The fraction of sp³-hybridized carbons (Fsp3) is 0.562. The number of piperidine rings is 1. The lowest BCUT2D eigenvalue weighted by molar-refractivity contribution is 0.209. The molecule has 0 saturated carbocycles. The van der Waals surface area contributed by atoms with E-state index in [1.807, 2.05) is 13.8 Å². The van der Waals surface area contributed by atoms with Crippen molar-refractivity contribution < 1.29 is 12.9 Å². The number of sulfonamides is 1. The number of aryl methyl sites for hydroxylation is 2. The van der Waals surface area contributed by atoms with Gasteiger partial charge in [0.05, 0.1) is 5.69 Å². The van der Waals surface area contributed by atoms with Gasteiger partial charge in [-0.25, -0.2) is 13.1 Å². The summed E-state index contributed by atoms with van der Waals surface area (Å²) in [4.78, 5) is 2.38. The quantitative estimate of drug-likeness (QED) is 0.846. The van der Waals surface area contributed by atoms with Crippen LogP contribution < -0.4 is 4.72 Å². The summed E-state index contributed by atoms with van der Waals surface area (Å²) in [6, 6.07) is 3.43. The molecule has 0 amide bonds. The summed E-state index contributed by atoms with van der Waals surface area (Å²) in [6.07, 6.45) is 2.60. The highest BCUT2D eigenvalue weighted by molar-refractivity contribution is 7.91. The molecule has 24 heavy (non-hydrogen) atoms. The van der Waals surface area contributed by atoms with Crippen LogP contribution in [0.4, 0.5) is 0 Å². The van der Waals surface area contributed by atoms with Crippen molar-refractivity contribution in [1.29, 1.82) is 0 Å². The van der Waals surface area contributed by atoms with Gasteiger partial charge in [0, 0.05) is 18.2 Å². The first-order valence-electron chi connectivity index (χ1n) is 8.15. The molecule has 0 spiro atoms. The highest BCUT2D eigenvalue weighted by atomic mass is 32.2. The van der Waals surface area contributed by atoms with Gasteiger partial charge >= 0.3 is 0 Å². The summed E-state index contributed by atoms with van der Waals surface area (Å²) in [5, 5.41) is 5.77. The topological polar surface area (TPSA) is 75.4 Å². The van der Waals surface area contributed by atoms with Crippen molar-refractivity contribution in [2.24, 2.45) is 0 Å². The van der Waals surface area contributed by atoms with Gasteiger partial charge in [0.25, 0.3) is 0 Å². The average molecular weight is 370 g/mol. The smallest absolute Gasteiger partial charge is 0.250 e. The number of hydrogen-bond acceptors (Lipinski definition) is 6. The van der Waals surface area contributed by atoms with Gasteiger partial charge in [-0.2, -0.15) is 0 Å². The summed E-state index contributed by atoms with van der Waals surface area (Å²) in [7, 11) is -3.36. The molecule has 1 fully saturated rings. The molecular weight excluding hydrogens is 346 g/mol. The van der Waals surface area contributed by atoms with Crippen LogP contribution in [0, 0.1) is 13.8 Å². The molecule has 2 aromatic rings. The Morgan fingerprint density at radius 1 is 1.38 bits per heavy atom. The largest absolute Gasteiger partial charge is 0.361 e. The zero-order chi connectivity index (χ0) is 17.2. The van der Waals surface area contributed by atoms with E-state index in [2.05, 4.69) is 14.8 Å². The van der Waals surface area contributed by atoms with Crippen LogP contribution in [0.5, 0.6) is 0 Å².